The highest BCUT2D eigenvalue weighted by Crippen LogP contribution is 2.31. The van der Waals surface area contributed by atoms with Crippen LogP contribution in [-0.2, 0) is 9.53 Å². The van der Waals surface area contributed by atoms with E-state index >= 15 is 0 Å². The molecule has 0 amide bonds. The Morgan fingerprint density at radius 2 is 1.95 bits per heavy atom. The molecule has 1 saturated carbocycles. The molecule has 2 heterocycles. The maximum Gasteiger partial charge on any atom is 0.308 e. The van der Waals surface area contributed by atoms with E-state index in [2.05, 4.69) is 10.2 Å². The van der Waals surface area contributed by atoms with Crippen molar-refractivity contribution in [3.8, 4) is 0 Å². The second kappa shape index (κ2) is 6.44. The number of ether oxygens (including phenoxy) is 1. The molecule has 0 aromatic rings. The van der Waals surface area contributed by atoms with Gasteiger partial charge in [-0.3, -0.25) is 9.69 Å². The third-order valence-corrected chi connectivity index (χ3v) is 5.40. The third kappa shape index (κ3) is 3.01. The third-order valence-electron chi connectivity index (χ3n) is 5.40. The number of hydrogen-bond acceptors (Lipinski definition) is 4. The van der Waals surface area contributed by atoms with Crippen molar-refractivity contribution >= 4 is 5.97 Å². The Kier molecular flexibility index (Phi) is 4.61. The minimum absolute atomic E-state index is 0.0220. The highest BCUT2D eigenvalue weighted by molar-refractivity contribution is 5.72. The Labute approximate surface area is 122 Å². The Morgan fingerprint density at radius 1 is 1.15 bits per heavy atom. The SMILES string of the molecule is CCOC(=O)C1CCC(NC2CCN3CCCC23)CC1. The van der Waals surface area contributed by atoms with Gasteiger partial charge in [-0.05, 0) is 58.4 Å². The van der Waals surface area contributed by atoms with E-state index in [4.69, 9.17) is 4.74 Å². The summed E-state index contributed by atoms with van der Waals surface area (Å²) in [6.07, 6.45) is 8.31. The van der Waals surface area contributed by atoms with Crippen molar-refractivity contribution < 1.29 is 9.53 Å². The van der Waals surface area contributed by atoms with Crippen molar-refractivity contribution in [2.45, 2.75) is 70.0 Å². The van der Waals surface area contributed by atoms with Gasteiger partial charge in [-0.2, -0.15) is 0 Å². The summed E-state index contributed by atoms with van der Waals surface area (Å²) in [5.41, 5.74) is 0. The van der Waals surface area contributed by atoms with Gasteiger partial charge >= 0.3 is 5.97 Å². The number of nitrogens with zero attached hydrogens (tertiary/aromatic N) is 1. The van der Waals surface area contributed by atoms with E-state index in [-0.39, 0.29) is 11.9 Å². The van der Waals surface area contributed by atoms with Crippen LogP contribution < -0.4 is 5.32 Å². The summed E-state index contributed by atoms with van der Waals surface area (Å²) in [6.45, 7) is 4.98. The molecule has 0 aromatic carbocycles. The minimum atomic E-state index is 0.0220. The van der Waals surface area contributed by atoms with E-state index in [0.717, 1.165) is 31.7 Å². The first-order valence-electron chi connectivity index (χ1n) is 8.44. The highest BCUT2D eigenvalue weighted by Gasteiger charge is 2.38. The van der Waals surface area contributed by atoms with Gasteiger partial charge in [-0.15, -0.1) is 0 Å². The molecule has 3 aliphatic rings. The molecule has 3 fully saturated rings. The van der Waals surface area contributed by atoms with Crippen LogP contribution in [0.4, 0.5) is 0 Å². The summed E-state index contributed by atoms with van der Waals surface area (Å²) in [6, 6.07) is 2.10. The first-order valence-corrected chi connectivity index (χ1v) is 8.44. The van der Waals surface area contributed by atoms with Gasteiger partial charge in [0.1, 0.15) is 0 Å². The smallest absolute Gasteiger partial charge is 0.308 e. The molecule has 0 spiro atoms. The molecule has 2 aliphatic heterocycles. The molecule has 3 rings (SSSR count). The zero-order chi connectivity index (χ0) is 13.9. The normalized spacial score (nSPS) is 37.9. The maximum absolute atomic E-state index is 11.7. The summed E-state index contributed by atoms with van der Waals surface area (Å²) in [4.78, 5) is 14.4. The van der Waals surface area contributed by atoms with Crippen molar-refractivity contribution in [1.29, 1.82) is 0 Å². The largest absolute Gasteiger partial charge is 0.466 e. The Hall–Kier alpha value is -0.610. The van der Waals surface area contributed by atoms with Crippen LogP contribution in [0, 0.1) is 5.92 Å². The van der Waals surface area contributed by atoms with Gasteiger partial charge in [0.2, 0.25) is 0 Å². The molecule has 2 atom stereocenters. The molecule has 2 saturated heterocycles. The highest BCUT2D eigenvalue weighted by atomic mass is 16.5. The Balaban J connectivity index is 1.43. The summed E-state index contributed by atoms with van der Waals surface area (Å²) < 4.78 is 5.14. The topological polar surface area (TPSA) is 41.6 Å². The van der Waals surface area contributed by atoms with Gasteiger partial charge in [-0.25, -0.2) is 0 Å². The molecule has 0 aromatic heterocycles. The maximum atomic E-state index is 11.7. The fraction of sp³-hybridized carbons (Fsp3) is 0.938. The van der Waals surface area contributed by atoms with Crippen molar-refractivity contribution in [1.82, 2.24) is 10.2 Å². The molecule has 0 radical (unpaired) electrons. The lowest BCUT2D eigenvalue weighted by molar-refractivity contribution is -0.149. The number of carbonyl (C=O) groups excluding carboxylic acids is 1. The van der Waals surface area contributed by atoms with Gasteiger partial charge in [0.25, 0.3) is 0 Å². The summed E-state index contributed by atoms with van der Waals surface area (Å²) in [5, 5.41) is 3.89. The zero-order valence-electron chi connectivity index (χ0n) is 12.6. The van der Waals surface area contributed by atoms with Crippen molar-refractivity contribution in [3.63, 3.8) is 0 Å². The fourth-order valence-corrected chi connectivity index (χ4v) is 4.34. The average Bonchev–Trinajstić information content (AvgIpc) is 3.05. The van der Waals surface area contributed by atoms with Crippen molar-refractivity contribution in [2.24, 2.45) is 5.92 Å². The van der Waals surface area contributed by atoms with E-state index in [9.17, 15) is 4.79 Å². The lowest BCUT2D eigenvalue weighted by Gasteiger charge is -2.32. The van der Waals surface area contributed by atoms with Crippen LogP contribution in [0.25, 0.3) is 0 Å². The Bertz CT molecular complexity index is 339. The van der Waals surface area contributed by atoms with Gasteiger partial charge in [-0.1, -0.05) is 0 Å². The van der Waals surface area contributed by atoms with Crippen LogP contribution in [0.5, 0.6) is 0 Å². The summed E-state index contributed by atoms with van der Waals surface area (Å²) in [7, 11) is 0. The number of fused-ring (bicyclic) bond motifs is 1. The average molecular weight is 280 g/mol. The fourth-order valence-electron chi connectivity index (χ4n) is 4.34. The molecular weight excluding hydrogens is 252 g/mol. The monoisotopic (exact) mass is 280 g/mol. The number of carbonyl (C=O) groups is 1. The van der Waals surface area contributed by atoms with Gasteiger partial charge in [0.05, 0.1) is 12.5 Å². The number of rotatable bonds is 4. The van der Waals surface area contributed by atoms with Crippen LogP contribution in [-0.4, -0.2) is 48.7 Å². The molecule has 1 N–H and O–H groups in total. The Morgan fingerprint density at radius 3 is 2.70 bits per heavy atom. The molecule has 0 bridgehead atoms. The van der Waals surface area contributed by atoms with Gasteiger partial charge in [0.15, 0.2) is 0 Å². The summed E-state index contributed by atoms with van der Waals surface area (Å²) >= 11 is 0. The molecular formula is C16H28N2O2. The quantitative estimate of drug-likeness (QED) is 0.799. The number of nitrogens with one attached hydrogen (secondary N) is 1. The van der Waals surface area contributed by atoms with E-state index in [1.165, 1.54) is 32.4 Å². The van der Waals surface area contributed by atoms with Crippen LogP contribution in [0.15, 0.2) is 0 Å². The van der Waals surface area contributed by atoms with Crippen LogP contribution >= 0.6 is 0 Å². The second-order valence-corrected chi connectivity index (χ2v) is 6.61. The standard InChI is InChI=1S/C16H28N2O2/c1-2-20-16(19)12-5-7-13(8-6-12)17-14-9-11-18-10-3-4-15(14)18/h12-15,17H,2-11H2,1H3. The lowest BCUT2D eigenvalue weighted by Crippen LogP contribution is -2.46. The molecule has 114 valence electrons. The van der Waals surface area contributed by atoms with Crippen molar-refractivity contribution in [2.75, 3.05) is 19.7 Å². The number of hydrogen-bond donors (Lipinski definition) is 1. The van der Waals surface area contributed by atoms with Crippen LogP contribution in [0.2, 0.25) is 0 Å². The molecule has 2 unspecified atom stereocenters. The van der Waals surface area contributed by atoms with E-state index in [0.29, 0.717) is 18.7 Å². The van der Waals surface area contributed by atoms with Gasteiger partial charge in [0, 0.05) is 24.7 Å². The van der Waals surface area contributed by atoms with Crippen LogP contribution in [0.3, 0.4) is 0 Å². The number of esters is 1. The second-order valence-electron chi connectivity index (χ2n) is 6.61. The lowest BCUT2D eigenvalue weighted by atomic mass is 9.85. The van der Waals surface area contributed by atoms with Crippen molar-refractivity contribution in [3.05, 3.63) is 0 Å². The molecule has 4 heteroatoms. The predicted molar refractivity (Wildman–Crippen MR) is 78.5 cm³/mol. The molecule has 20 heavy (non-hydrogen) atoms. The first kappa shape index (κ1) is 14.3. The zero-order valence-corrected chi connectivity index (χ0v) is 12.6. The molecule has 1 aliphatic carbocycles. The van der Waals surface area contributed by atoms with Crippen LogP contribution in [0.1, 0.15) is 51.9 Å². The van der Waals surface area contributed by atoms with E-state index in [1.54, 1.807) is 0 Å². The molecule has 4 nitrogen and oxygen atoms in total. The van der Waals surface area contributed by atoms with E-state index < -0.39 is 0 Å². The first-order chi connectivity index (χ1) is 9.78. The van der Waals surface area contributed by atoms with Gasteiger partial charge < -0.3 is 10.1 Å². The van der Waals surface area contributed by atoms with E-state index in [1.807, 2.05) is 6.92 Å². The summed E-state index contributed by atoms with van der Waals surface area (Å²) in [5.74, 6) is 0.174. The minimum Gasteiger partial charge on any atom is -0.466 e. The predicted octanol–water partition coefficient (Wildman–Crippen LogP) is 1.93.